The molecule has 0 saturated heterocycles. The van der Waals surface area contributed by atoms with E-state index in [9.17, 15) is 0 Å². The van der Waals surface area contributed by atoms with Crippen molar-refractivity contribution in [1.29, 1.82) is 0 Å². The number of hydrogen-bond acceptors (Lipinski definition) is 3. The van der Waals surface area contributed by atoms with Crippen LogP contribution in [-0.2, 0) is 0 Å². The van der Waals surface area contributed by atoms with Gasteiger partial charge in [-0.1, -0.05) is 35.9 Å². The van der Waals surface area contributed by atoms with Crippen LogP contribution in [0.5, 0.6) is 0 Å². The van der Waals surface area contributed by atoms with Crippen molar-refractivity contribution in [3.63, 3.8) is 0 Å². The van der Waals surface area contributed by atoms with Crippen LogP contribution in [0, 0.1) is 13.8 Å². The summed E-state index contributed by atoms with van der Waals surface area (Å²) in [7, 11) is 0. The molecule has 3 aromatic rings. The van der Waals surface area contributed by atoms with Gasteiger partial charge in [0.05, 0.1) is 11.9 Å². The molecule has 0 aliphatic carbocycles. The maximum Gasteiger partial charge on any atom is 0.206 e. The van der Waals surface area contributed by atoms with Crippen molar-refractivity contribution < 1.29 is 0 Å². The Morgan fingerprint density at radius 1 is 1.04 bits per heavy atom. The first kappa shape index (κ1) is 18.6. The van der Waals surface area contributed by atoms with Crippen molar-refractivity contribution in [3.8, 4) is 11.3 Å². The third-order valence-corrected chi connectivity index (χ3v) is 5.13. The molecule has 0 aliphatic heterocycles. The quantitative estimate of drug-likeness (QED) is 0.519. The second-order valence-corrected chi connectivity index (χ2v) is 7.81. The first-order chi connectivity index (χ1) is 12.4. The Morgan fingerprint density at radius 2 is 1.77 bits per heavy atom. The molecule has 0 unspecified atom stereocenters. The van der Waals surface area contributed by atoms with Crippen molar-refractivity contribution in [2.45, 2.75) is 33.7 Å². The number of thiazole rings is 1. The molecular weight excluding hydrogens is 362 g/mol. The normalized spacial score (nSPS) is 12.5. The van der Waals surface area contributed by atoms with Crippen LogP contribution in [0.3, 0.4) is 0 Å². The molecule has 3 nitrogen and oxygen atoms in total. The highest BCUT2D eigenvalue weighted by Crippen LogP contribution is 2.23. The van der Waals surface area contributed by atoms with Crippen LogP contribution in [0.25, 0.3) is 11.3 Å². The van der Waals surface area contributed by atoms with Gasteiger partial charge in [0.25, 0.3) is 0 Å². The fourth-order valence-electron chi connectivity index (χ4n) is 2.49. The van der Waals surface area contributed by atoms with E-state index in [1.807, 2.05) is 35.2 Å². The SMILES string of the molecule is Cc1ccc(-c2csc(=NC(C)C)n2/N=C\c2ccc(Cl)cc2)cc1C. The highest BCUT2D eigenvalue weighted by Gasteiger charge is 2.09. The molecule has 0 aliphatic rings. The van der Waals surface area contributed by atoms with E-state index in [2.05, 4.69) is 51.3 Å². The van der Waals surface area contributed by atoms with Crippen LogP contribution >= 0.6 is 22.9 Å². The lowest BCUT2D eigenvalue weighted by molar-refractivity contribution is 0.754. The second-order valence-electron chi connectivity index (χ2n) is 6.53. The van der Waals surface area contributed by atoms with Crippen LogP contribution < -0.4 is 4.80 Å². The molecule has 2 aromatic carbocycles. The number of halogens is 1. The maximum absolute atomic E-state index is 5.96. The Labute approximate surface area is 163 Å². The molecule has 3 rings (SSSR count). The van der Waals surface area contributed by atoms with Crippen LogP contribution in [-0.4, -0.2) is 16.9 Å². The molecule has 134 valence electrons. The fourth-order valence-corrected chi connectivity index (χ4v) is 3.59. The minimum atomic E-state index is 0.207. The highest BCUT2D eigenvalue weighted by molar-refractivity contribution is 7.07. The van der Waals surface area contributed by atoms with Gasteiger partial charge in [-0.05, 0) is 62.6 Å². The summed E-state index contributed by atoms with van der Waals surface area (Å²) in [6.45, 7) is 8.40. The zero-order chi connectivity index (χ0) is 18.7. The Balaban J connectivity index is 2.09. The number of benzene rings is 2. The third-order valence-electron chi connectivity index (χ3n) is 4.05. The maximum atomic E-state index is 5.96. The average molecular weight is 384 g/mol. The zero-order valence-corrected chi connectivity index (χ0v) is 17.0. The van der Waals surface area contributed by atoms with E-state index in [0.29, 0.717) is 0 Å². The van der Waals surface area contributed by atoms with Gasteiger partial charge in [-0.25, -0.2) is 4.68 Å². The lowest BCUT2D eigenvalue weighted by Gasteiger charge is -2.07. The van der Waals surface area contributed by atoms with Gasteiger partial charge in [-0.3, -0.25) is 4.99 Å². The van der Waals surface area contributed by atoms with Crippen LogP contribution in [0.15, 0.2) is 57.9 Å². The van der Waals surface area contributed by atoms with E-state index in [-0.39, 0.29) is 6.04 Å². The number of rotatable bonds is 4. The molecule has 0 fully saturated rings. The van der Waals surface area contributed by atoms with E-state index in [1.165, 1.54) is 11.1 Å². The Hall–Kier alpha value is -2.17. The van der Waals surface area contributed by atoms with Gasteiger partial charge in [0.2, 0.25) is 4.80 Å². The van der Waals surface area contributed by atoms with E-state index in [4.69, 9.17) is 21.7 Å². The molecule has 0 saturated carbocycles. The van der Waals surface area contributed by atoms with E-state index in [1.54, 1.807) is 11.3 Å². The number of aryl methyl sites for hydroxylation is 2. The van der Waals surface area contributed by atoms with Gasteiger partial charge < -0.3 is 0 Å². The van der Waals surface area contributed by atoms with Crippen LogP contribution in [0.2, 0.25) is 5.02 Å². The summed E-state index contributed by atoms with van der Waals surface area (Å²) in [6.07, 6.45) is 1.84. The standard InChI is InChI=1S/C21H22ClN3S/c1-14(2)24-21-25(23-12-17-6-9-19(22)10-7-17)20(13-26-21)18-8-5-15(3)16(4)11-18/h5-14H,1-4H3/b23-12-,24-21?. The molecule has 0 N–H and O–H groups in total. The predicted octanol–water partition coefficient (Wildman–Crippen LogP) is 5.68. The van der Waals surface area contributed by atoms with E-state index in [0.717, 1.165) is 26.6 Å². The van der Waals surface area contributed by atoms with Gasteiger partial charge in [-0.15, -0.1) is 11.3 Å². The first-order valence-corrected chi connectivity index (χ1v) is 9.82. The third kappa shape index (κ3) is 4.32. The number of hydrogen-bond donors (Lipinski definition) is 0. The van der Waals surface area contributed by atoms with Crippen molar-refractivity contribution in [2.24, 2.45) is 10.1 Å². The minimum absolute atomic E-state index is 0.207. The molecular formula is C21H22ClN3S. The monoisotopic (exact) mass is 383 g/mol. The molecule has 0 bridgehead atoms. The van der Waals surface area contributed by atoms with Gasteiger partial charge in [0.15, 0.2) is 0 Å². The van der Waals surface area contributed by atoms with Gasteiger partial charge >= 0.3 is 0 Å². The molecule has 1 heterocycles. The summed E-state index contributed by atoms with van der Waals surface area (Å²) >= 11 is 7.57. The largest absolute Gasteiger partial charge is 0.255 e. The van der Waals surface area contributed by atoms with Gasteiger partial charge in [-0.2, -0.15) is 5.10 Å². The average Bonchev–Trinajstić information content (AvgIpc) is 2.99. The van der Waals surface area contributed by atoms with Gasteiger partial charge in [0.1, 0.15) is 0 Å². The molecule has 5 heteroatoms. The van der Waals surface area contributed by atoms with Crippen molar-refractivity contribution >= 4 is 29.2 Å². The summed E-state index contributed by atoms with van der Waals surface area (Å²) in [5.41, 5.74) is 5.73. The summed E-state index contributed by atoms with van der Waals surface area (Å²) in [5, 5.41) is 7.55. The fraction of sp³-hybridized carbons (Fsp3) is 0.238. The molecule has 0 atom stereocenters. The first-order valence-electron chi connectivity index (χ1n) is 8.56. The smallest absolute Gasteiger partial charge is 0.206 e. The van der Waals surface area contributed by atoms with Gasteiger partial charge in [0, 0.05) is 22.0 Å². The molecule has 0 spiro atoms. The van der Waals surface area contributed by atoms with Crippen molar-refractivity contribution in [3.05, 3.63) is 74.4 Å². The summed E-state index contributed by atoms with van der Waals surface area (Å²) in [4.78, 5) is 5.61. The van der Waals surface area contributed by atoms with E-state index >= 15 is 0 Å². The van der Waals surface area contributed by atoms with Crippen molar-refractivity contribution in [1.82, 2.24) is 4.68 Å². The molecule has 0 amide bonds. The lowest BCUT2D eigenvalue weighted by Crippen LogP contribution is -2.14. The molecule has 26 heavy (non-hydrogen) atoms. The Kier molecular flexibility index (Phi) is 5.74. The highest BCUT2D eigenvalue weighted by atomic mass is 35.5. The van der Waals surface area contributed by atoms with Crippen LogP contribution in [0.4, 0.5) is 0 Å². The summed E-state index contributed by atoms with van der Waals surface area (Å²) in [5.74, 6) is 0. The zero-order valence-electron chi connectivity index (χ0n) is 15.4. The molecule has 0 radical (unpaired) electrons. The lowest BCUT2D eigenvalue weighted by atomic mass is 10.1. The second kappa shape index (κ2) is 8.02. The minimum Gasteiger partial charge on any atom is -0.255 e. The Morgan fingerprint density at radius 3 is 2.42 bits per heavy atom. The predicted molar refractivity (Wildman–Crippen MR) is 112 cm³/mol. The molecule has 1 aromatic heterocycles. The number of nitrogens with zero attached hydrogens (tertiary/aromatic N) is 3. The number of aromatic nitrogens is 1. The van der Waals surface area contributed by atoms with Crippen LogP contribution in [0.1, 0.15) is 30.5 Å². The Bertz CT molecular complexity index is 995. The summed E-state index contributed by atoms with van der Waals surface area (Å²) < 4.78 is 1.92. The topological polar surface area (TPSA) is 29.6 Å². The van der Waals surface area contributed by atoms with E-state index < -0.39 is 0 Å². The van der Waals surface area contributed by atoms with Crippen molar-refractivity contribution in [2.75, 3.05) is 0 Å². The summed E-state index contributed by atoms with van der Waals surface area (Å²) in [6, 6.07) is 14.3.